The summed E-state index contributed by atoms with van der Waals surface area (Å²) in [6.07, 6.45) is 0. The summed E-state index contributed by atoms with van der Waals surface area (Å²) in [5.41, 5.74) is -0.788. The van der Waals surface area contributed by atoms with Gasteiger partial charge in [0, 0.05) is 28.4 Å². The first-order chi connectivity index (χ1) is 11.5. The van der Waals surface area contributed by atoms with E-state index in [-0.39, 0.29) is 32.6 Å². The quantitative estimate of drug-likeness (QED) is 0.626. The predicted octanol–water partition coefficient (Wildman–Crippen LogP) is -0.477. The maximum Gasteiger partial charge on any atom is 0.336 e. The van der Waals surface area contributed by atoms with E-state index in [2.05, 4.69) is 6.58 Å². The SMILES string of the molecule is C=C1N(COC)c2c(n(COC)c(=O)n(COC)c2=O)N1COC. The molecule has 0 saturated carbocycles. The molecule has 134 valence electrons. The van der Waals surface area contributed by atoms with E-state index >= 15 is 0 Å². The summed E-state index contributed by atoms with van der Waals surface area (Å²) in [4.78, 5) is 28.7. The van der Waals surface area contributed by atoms with Crippen LogP contribution in [-0.4, -0.2) is 51.0 Å². The van der Waals surface area contributed by atoms with Gasteiger partial charge in [0.2, 0.25) is 0 Å². The van der Waals surface area contributed by atoms with Crippen molar-refractivity contribution in [3.63, 3.8) is 0 Å². The van der Waals surface area contributed by atoms with Crippen molar-refractivity contribution in [1.29, 1.82) is 0 Å². The standard InChI is InChI=1S/C14H22N4O6/c1-10-15(6-21-2)11-12(16(10)7-22-3)17(8-23-4)14(20)18(9-24-5)13(11)19/h1,6-9H2,2-5H3. The number of methoxy groups -OCH3 is 4. The molecule has 0 aromatic carbocycles. The van der Waals surface area contributed by atoms with Crippen LogP contribution in [0.5, 0.6) is 0 Å². The monoisotopic (exact) mass is 342 g/mol. The summed E-state index contributed by atoms with van der Waals surface area (Å²) in [5.74, 6) is 0.813. The number of anilines is 2. The molecule has 0 unspecified atom stereocenters. The summed E-state index contributed by atoms with van der Waals surface area (Å²) in [6, 6.07) is 0. The zero-order chi connectivity index (χ0) is 17.9. The Balaban J connectivity index is 2.80. The van der Waals surface area contributed by atoms with E-state index in [1.807, 2.05) is 0 Å². The van der Waals surface area contributed by atoms with Gasteiger partial charge < -0.3 is 18.9 Å². The van der Waals surface area contributed by atoms with Gasteiger partial charge in [-0.1, -0.05) is 6.58 Å². The highest BCUT2D eigenvalue weighted by atomic mass is 16.5. The zero-order valence-corrected chi connectivity index (χ0v) is 14.3. The van der Waals surface area contributed by atoms with Crippen molar-refractivity contribution in [3.05, 3.63) is 33.2 Å². The highest BCUT2D eigenvalue weighted by Crippen LogP contribution is 2.37. The second kappa shape index (κ2) is 7.62. The van der Waals surface area contributed by atoms with Crippen LogP contribution in [0.1, 0.15) is 0 Å². The Kier molecular flexibility index (Phi) is 5.78. The van der Waals surface area contributed by atoms with Crippen LogP contribution in [0.25, 0.3) is 0 Å². The zero-order valence-electron chi connectivity index (χ0n) is 14.3. The Labute approximate surface area is 139 Å². The maximum atomic E-state index is 12.8. The van der Waals surface area contributed by atoms with Crippen LogP contribution < -0.4 is 21.0 Å². The molecule has 1 aromatic rings. The van der Waals surface area contributed by atoms with Crippen LogP contribution in [0, 0.1) is 0 Å². The van der Waals surface area contributed by atoms with E-state index in [9.17, 15) is 9.59 Å². The largest absolute Gasteiger partial charge is 0.364 e. The smallest absolute Gasteiger partial charge is 0.336 e. The van der Waals surface area contributed by atoms with Crippen molar-refractivity contribution < 1.29 is 18.9 Å². The van der Waals surface area contributed by atoms with Crippen molar-refractivity contribution in [3.8, 4) is 0 Å². The predicted molar refractivity (Wildman–Crippen MR) is 86.8 cm³/mol. The van der Waals surface area contributed by atoms with Gasteiger partial charge in [-0.25, -0.2) is 9.36 Å². The lowest BCUT2D eigenvalue weighted by Crippen LogP contribution is -2.43. The van der Waals surface area contributed by atoms with Crippen LogP contribution in [-0.2, 0) is 32.4 Å². The highest BCUT2D eigenvalue weighted by Gasteiger charge is 2.37. The Morgan fingerprint density at radius 2 is 1.29 bits per heavy atom. The number of hydrogen-bond donors (Lipinski definition) is 0. The molecule has 1 aliphatic rings. The van der Waals surface area contributed by atoms with Crippen molar-refractivity contribution in [2.45, 2.75) is 13.5 Å². The summed E-state index contributed by atoms with van der Waals surface area (Å²) < 4.78 is 22.8. The lowest BCUT2D eigenvalue weighted by Gasteiger charge is -2.23. The lowest BCUT2D eigenvalue weighted by atomic mass is 10.4. The van der Waals surface area contributed by atoms with Gasteiger partial charge in [0.25, 0.3) is 5.56 Å². The highest BCUT2D eigenvalue weighted by molar-refractivity contribution is 5.78. The van der Waals surface area contributed by atoms with Gasteiger partial charge in [0.1, 0.15) is 32.7 Å². The lowest BCUT2D eigenvalue weighted by molar-refractivity contribution is 0.106. The van der Waals surface area contributed by atoms with Crippen molar-refractivity contribution >= 4 is 11.5 Å². The molecule has 0 N–H and O–H groups in total. The van der Waals surface area contributed by atoms with Crippen LogP contribution in [0.3, 0.4) is 0 Å². The first kappa shape index (κ1) is 18.2. The molecule has 2 heterocycles. The van der Waals surface area contributed by atoms with Crippen molar-refractivity contribution in [2.75, 3.05) is 51.7 Å². The molecule has 24 heavy (non-hydrogen) atoms. The average Bonchev–Trinajstić information content (AvgIpc) is 2.82. The number of fused-ring (bicyclic) bond motifs is 1. The molecule has 0 atom stereocenters. The summed E-state index contributed by atoms with van der Waals surface area (Å²) >= 11 is 0. The van der Waals surface area contributed by atoms with Crippen LogP contribution >= 0.6 is 0 Å². The van der Waals surface area contributed by atoms with Crippen LogP contribution in [0.4, 0.5) is 11.5 Å². The number of hydrogen-bond acceptors (Lipinski definition) is 8. The first-order valence-electron chi connectivity index (χ1n) is 7.10. The molecule has 1 aromatic heterocycles. The molecule has 10 heteroatoms. The molecule has 0 fully saturated rings. The molecule has 0 aliphatic carbocycles. The third-order valence-corrected chi connectivity index (χ3v) is 3.56. The average molecular weight is 342 g/mol. The Morgan fingerprint density at radius 1 is 0.792 bits per heavy atom. The second-order valence-corrected chi connectivity index (χ2v) is 5.06. The molecule has 0 saturated heterocycles. The Hall–Kier alpha value is -2.14. The number of aromatic nitrogens is 2. The summed E-state index contributed by atoms with van der Waals surface area (Å²) in [5, 5.41) is 0. The van der Waals surface area contributed by atoms with Crippen LogP contribution in [0.2, 0.25) is 0 Å². The van der Waals surface area contributed by atoms with E-state index in [0.717, 1.165) is 4.57 Å². The van der Waals surface area contributed by atoms with E-state index < -0.39 is 11.2 Å². The topological polar surface area (TPSA) is 87.4 Å². The second-order valence-electron chi connectivity index (χ2n) is 5.06. The molecular formula is C14H22N4O6. The van der Waals surface area contributed by atoms with Gasteiger partial charge in [-0.3, -0.25) is 19.2 Å². The Bertz CT molecular complexity index is 725. The van der Waals surface area contributed by atoms with Gasteiger partial charge in [-0.15, -0.1) is 0 Å². The van der Waals surface area contributed by atoms with E-state index in [1.54, 1.807) is 9.80 Å². The van der Waals surface area contributed by atoms with E-state index in [1.165, 1.54) is 33.0 Å². The number of ether oxygens (including phenoxy) is 4. The van der Waals surface area contributed by atoms with E-state index in [0.29, 0.717) is 11.6 Å². The van der Waals surface area contributed by atoms with Crippen molar-refractivity contribution in [1.82, 2.24) is 9.13 Å². The fourth-order valence-corrected chi connectivity index (χ4v) is 2.60. The van der Waals surface area contributed by atoms with Gasteiger partial charge in [0.05, 0.1) is 0 Å². The molecule has 2 rings (SSSR count). The maximum absolute atomic E-state index is 12.8. The molecule has 0 radical (unpaired) electrons. The third-order valence-electron chi connectivity index (χ3n) is 3.56. The molecule has 0 bridgehead atoms. The van der Waals surface area contributed by atoms with Crippen molar-refractivity contribution in [2.24, 2.45) is 0 Å². The third kappa shape index (κ3) is 2.84. The molecule has 0 amide bonds. The minimum Gasteiger partial charge on any atom is -0.364 e. The fourth-order valence-electron chi connectivity index (χ4n) is 2.60. The molecular weight excluding hydrogens is 320 g/mol. The molecule has 0 spiro atoms. The number of nitrogens with zero attached hydrogens (tertiary/aromatic N) is 4. The molecule has 1 aliphatic heterocycles. The van der Waals surface area contributed by atoms with Gasteiger partial charge in [-0.05, 0) is 0 Å². The first-order valence-corrected chi connectivity index (χ1v) is 7.10. The normalized spacial score (nSPS) is 13.8. The molecule has 10 nitrogen and oxygen atoms in total. The summed E-state index contributed by atoms with van der Waals surface area (Å²) in [6.45, 7) is 3.97. The van der Waals surface area contributed by atoms with Gasteiger partial charge in [0.15, 0.2) is 11.5 Å². The number of rotatable bonds is 8. The minimum absolute atomic E-state index is 0.0422. The van der Waals surface area contributed by atoms with Gasteiger partial charge in [-0.2, -0.15) is 0 Å². The fraction of sp³-hybridized carbons (Fsp3) is 0.571. The Morgan fingerprint density at radius 3 is 1.83 bits per heavy atom. The minimum atomic E-state index is -0.546. The summed E-state index contributed by atoms with van der Waals surface area (Å²) in [7, 11) is 5.88. The van der Waals surface area contributed by atoms with Gasteiger partial charge >= 0.3 is 5.69 Å². The van der Waals surface area contributed by atoms with E-state index in [4.69, 9.17) is 18.9 Å². The van der Waals surface area contributed by atoms with Crippen LogP contribution in [0.15, 0.2) is 22.0 Å².